The Bertz CT molecular complexity index is 338. The molecule has 1 atom stereocenters. The molecule has 0 aliphatic heterocycles. The summed E-state index contributed by atoms with van der Waals surface area (Å²) in [5.74, 6) is 0.553. The zero-order valence-electron chi connectivity index (χ0n) is 9.71. The molecule has 0 radical (unpaired) electrons. The van der Waals surface area contributed by atoms with Gasteiger partial charge in [-0.15, -0.1) is 0 Å². The molecule has 1 aromatic heterocycles. The normalized spacial score (nSPS) is 13.5. The molecular weight excluding hydrogens is 233 g/mol. The van der Waals surface area contributed by atoms with Crippen molar-refractivity contribution in [1.82, 2.24) is 10.3 Å². The molecule has 1 aromatic rings. The van der Waals surface area contributed by atoms with Crippen molar-refractivity contribution in [2.45, 2.75) is 26.1 Å². The molecule has 0 fully saturated rings. The lowest BCUT2D eigenvalue weighted by atomic mass is 10.3. The summed E-state index contributed by atoms with van der Waals surface area (Å²) in [5, 5.41) is 2.29. The lowest BCUT2D eigenvalue weighted by Crippen LogP contribution is -2.35. The van der Waals surface area contributed by atoms with Crippen LogP contribution in [-0.4, -0.2) is 30.4 Å². The molecule has 6 heteroatoms. The Balaban J connectivity index is 2.30. The van der Waals surface area contributed by atoms with Gasteiger partial charge >= 0.3 is 6.18 Å². The van der Waals surface area contributed by atoms with Gasteiger partial charge in [0.1, 0.15) is 11.9 Å². The molecule has 1 unspecified atom stereocenters. The first-order chi connectivity index (χ1) is 7.87. The summed E-state index contributed by atoms with van der Waals surface area (Å²) in [4.78, 5) is 4.03. The average molecular weight is 248 g/mol. The molecule has 3 nitrogen and oxygen atoms in total. The molecule has 1 heterocycles. The molecule has 96 valence electrons. The SMILES string of the molecule is Cc1ccc(OC(C)CNCC(F)(F)F)cn1. The van der Waals surface area contributed by atoms with E-state index in [1.807, 2.05) is 6.92 Å². The zero-order chi connectivity index (χ0) is 12.9. The second-order valence-corrected chi connectivity index (χ2v) is 3.81. The number of aromatic nitrogens is 1. The number of halogens is 3. The number of ether oxygens (including phenoxy) is 1. The number of rotatable bonds is 5. The minimum Gasteiger partial charge on any atom is -0.488 e. The van der Waals surface area contributed by atoms with Crippen molar-refractivity contribution in [3.8, 4) is 5.75 Å². The highest BCUT2D eigenvalue weighted by Gasteiger charge is 2.26. The van der Waals surface area contributed by atoms with Crippen LogP contribution in [0, 0.1) is 6.92 Å². The van der Waals surface area contributed by atoms with Crippen LogP contribution in [0.15, 0.2) is 18.3 Å². The molecule has 0 amide bonds. The van der Waals surface area contributed by atoms with Crippen LogP contribution in [0.2, 0.25) is 0 Å². The lowest BCUT2D eigenvalue weighted by molar-refractivity contribution is -0.125. The number of pyridine rings is 1. The van der Waals surface area contributed by atoms with Crippen molar-refractivity contribution in [3.05, 3.63) is 24.0 Å². The Morgan fingerprint density at radius 1 is 1.41 bits per heavy atom. The van der Waals surface area contributed by atoms with Crippen molar-refractivity contribution < 1.29 is 17.9 Å². The molecule has 0 aliphatic rings. The molecule has 0 aliphatic carbocycles. The van der Waals surface area contributed by atoms with Gasteiger partial charge in [0, 0.05) is 12.2 Å². The van der Waals surface area contributed by atoms with E-state index in [0.29, 0.717) is 5.75 Å². The van der Waals surface area contributed by atoms with Gasteiger partial charge in [-0.1, -0.05) is 0 Å². The minimum atomic E-state index is -4.19. The quantitative estimate of drug-likeness (QED) is 0.868. The fraction of sp³-hybridized carbons (Fsp3) is 0.545. The lowest BCUT2D eigenvalue weighted by Gasteiger charge is -2.16. The Morgan fingerprint density at radius 3 is 2.65 bits per heavy atom. The molecule has 17 heavy (non-hydrogen) atoms. The molecule has 0 saturated heterocycles. The van der Waals surface area contributed by atoms with Crippen molar-refractivity contribution in [3.63, 3.8) is 0 Å². The van der Waals surface area contributed by atoms with Crippen LogP contribution in [0.5, 0.6) is 5.75 Å². The molecule has 0 bridgehead atoms. The van der Waals surface area contributed by atoms with E-state index in [9.17, 15) is 13.2 Å². The second-order valence-electron chi connectivity index (χ2n) is 3.81. The second kappa shape index (κ2) is 5.86. The van der Waals surface area contributed by atoms with Gasteiger partial charge in [-0.05, 0) is 26.0 Å². The number of nitrogens with zero attached hydrogens (tertiary/aromatic N) is 1. The van der Waals surface area contributed by atoms with Gasteiger partial charge in [-0.3, -0.25) is 4.98 Å². The van der Waals surface area contributed by atoms with E-state index in [2.05, 4.69) is 10.3 Å². The summed E-state index contributed by atoms with van der Waals surface area (Å²) in [6, 6.07) is 3.52. The van der Waals surface area contributed by atoms with E-state index in [1.54, 1.807) is 25.3 Å². The Labute approximate surface area is 98.0 Å². The van der Waals surface area contributed by atoms with Crippen LogP contribution in [0.3, 0.4) is 0 Å². The van der Waals surface area contributed by atoms with Gasteiger partial charge in [-0.2, -0.15) is 13.2 Å². The van der Waals surface area contributed by atoms with E-state index < -0.39 is 12.7 Å². The van der Waals surface area contributed by atoms with E-state index in [-0.39, 0.29) is 12.6 Å². The predicted molar refractivity (Wildman–Crippen MR) is 58.0 cm³/mol. The summed E-state index contributed by atoms with van der Waals surface area (Å²) in [6.07, 6.45) is -2.98. The van der Waals surface area contributed by atoms with Gasteiger partial charge in [0.25, 0.3) is 0 Å². The van der Waals surface area contributed by atoms with Gasteiger partial charge in [0.2, 0.25) is 0 Å². The summed E-state index contributed by atoms with van der Waals surface area (Å²) in [6.45, 7) is 2.67. The van der Waals surface area contributed by atoms with E-state index in [1.165, 1.54) is 0 Å². The highest BCUT2D eigenvalue weighted by Crippen LogP contribution is 2.13. The molecule has 0 aromatic carbocycles. The van der Waals surface area contributed by atoms with E-state index >= 15 is 0 Å². The highest BCUT2D eigenvalue weighted by atomic mass is 19.4. The van der Waals surface area contributed by atoms with Crippen LogP contribution in [0.4, 0.5) is 13.2 Å². The first kappa shape index (κ1) is 13.8. The Hall–Kier alpha value is -1.30. The predicted octanol–water partition coefficient (Wildman–Crippen LogP) is 2.31. The van der Waals surface area contributed by atoms with Crippen molar-refractivity contribution >= 4 is 0 Å². The summed E-state index contributed by atoms with van der Waals surface area (Å²) >= 11 is 0. The summed E-state index contributed by atoms with van der Waals surface area (Å²) < 4.78 is 41.0. The molecule has 1 rings (SSSR count). The van der Waals surface area contributed by atoms with Gasteiger partial charge in [0.15, 0.2) is 0 Å². The Kier molecular flexibility index (Phi) is 4.74. The number of nitrogens with one attached hydrogen (secondary N) is 1. The van der Waals surface area contributed by atoms with Crippen molar-refractivity contribution in [2.75, 3.05) is 13.1 Å². The molecule has 1 N–H and O–H groups in total. The third-order valence-electron chi connectivity index (χ3n) is 1.98. The van der Waals surface area contributed by atoms with Crippen LogP contribution in [0.25, 0.3) is 0 Å². The monoisotopic (exact) mass is 248 g/mol. The molecule has 0 saturated carbocycles. The maximum Gasteiger partial charge on any atom is 0.401 e. The van der Waals surface area contributed by atoms with Crippen molar-refractivity contribution in [2.24, 2.45) is 0 Å². The number of aryl methyl sites for hydroxylation is 1. The third kappa shape index (κ3) is 6.11. The van der Waals surface area contributed by atoms with E-state index in [0.717, 1.165) is 5.69 Å². The standard InChI is InChI=1S/C11H15F3N2O/c1-8-3-4-10(6-16-8)17-9(2)5-15-7-11(12,13)14/h3-4,6,9,15H,5,7H2,1-2H3. The number of alkyl halides is 3. The Morgan fingerprint density at radius 2 is 2.12 bits per heavy atom. The van der Waals surface area contributed by atoms with Crippen LogP contribution < -0.4 is 10.1 Å². The summed E-state index contributed by atoms with van der Waals surface area (Å²) in [7, 11) is 0. The molecular formula is C11H15F3N2O. The van der Waals surface area contributed by atoms with Crippen molar-refractivity contribution in [1.29, 1.82) is 0 Å². The topological polar surface area (TPSA) is 34.1 Å². The number of hydrogen-bond acceptors (Lipinski definition) is 3. The number of hydrogen-bond donors (Lipinski definition) is 1. The third-order valence-corrected chi connectivity index (χ3v) is 1.98. The van der Waals surface area contributed by atoms with Crippen LogP contribution in [0.1, 0.15) is 12.6 Å². The smallest absolute Gasteiger partial charge is 0.401 e. The van der Waals surface area contributed by atoms with Gasteiger partial charge in [-0.25, -0.2) is 0 Å². The van der Waals surface area contributed by atoms with E-state index in [4.69, 9.17) is 4.74 Å². The zero-order valence-corrected chi connectivity index (χ0v) is 9.71. The van der Waals surface area contributed by atoms with Gasteiger partial charge < -0.3 is 10.1 Å². The van der Waals surface area contributed by atoms with Crippen LogP contribution in [-0.2, 0) is 0 Å². The maximum atomic E-state index is 11.9. The molecule has 0 spiro atoms. The summed E-state index contributed by atoms with van der Waals surface area (Å²) in [5.41, 5.74) is 0.861. The fourth-order valence-corrected chi connectivity index (χ4v) is 1.22. The van der Waals surface area contributed by atoms with Gasteiger partial charge in [0.05, 0.1) is 12.7 Å². The maximum absolute atomic E-state index is 11.9. The van der Waals surface area contributed by atoms with Crippen LogP contribution >= 0.6 is 0 Å². The largest absolute Gasteiger partial charge is 0.488 e. The first-order valence-corrected chi connectivity index (χ1v) is 5.23. The highest BCUT2D eigenvalue weighted by molar-refractivity contribution is 5.19. The minimum absolute atomic E-state index is 0.132. The first-order valence-electron chi connectivity index (χ1n) is 5.23. The fourth-order valence-electron chi connectivity index (χ4n) is 1.22. The average Bonchev–Trinajstić information content (AvgIpc) is 2.19.